The van der Waals surface area contributed by atoms with Gasteiger partial charge in [0, 0.05) is 28.1 Å². The molecule has 2 heterocycles. The molecule has 4 nitrogen and oxygen atoms in total. The second-order valence-corrected chi connectivity index (χ2v) is 7.77. The first-order valence-electron chi connectivity index (χ1n) is 7.95. The molecule has 128 valence electrons. The number of pyridine rings is 1. The number of amides is 1. The van der Waals surface area contributed by atoms with Gasteiger partial charge in [0.05, 0.1) is 12.2 Å². The lowest BCUT2D eigenvalue weighted by atomic mass is 10.1. The Morgan fingerprint density at radius 3 is 2.56 bits per heavy atom. The number of rotatable bonds is 6. The minimum atomic E-state index is -0.0851. The van der Waals surface area contributed by atoms with E-state index in [1.807, 2.05) is 56.3 Å². The maximum atomic E-state index is 12.2. The van der Waals surface area contributed by atoms with Crippen LogP contribution in [0.4, 0.5) is 0 Å². The van der Waals surface area contributed by atoms with Crippen LogP contribution in [0.25, 0.3) is 0 Å². The number of nitrogens with one attached hydrogen (secondary N) is 1. The highest BCUT2D eigenvalue weighted by Crippen LogP contribution is 2.26. The largest absolute Gasteiger partial charge is 0.346 e. The fraction of sp³-hybridized carbons (Fsp3) is 0.211. The third-order valence-corrected chi connectivity index (χ3v) is 5.76. The second kappa shape index (κ2) is 8.27. The molecular formula is C19H19N3OS2. The number of hydrogen-bond acceptors (Lipinski definition) is 5. The zero-order chi connectivity index (χ0) is 17.6. The lowest BCUT2D eigenvalue weighted by molar-refractivity contribution is 0.0950. The van der Waals surface area contributed by atoms with Crippen LogP contribution in [0.1, 0.15) is 33.0 Å². The van der Waals surface area contributed by atoms with E-state index in [2.05, 4.69) is 20.7 Å². The van der Waals surface area contributed by atoms with Crippen LogP contribution in [0.15, 0.2) is 52.2 Å². The molecule has 0 unspecified atom stereocenters. The summed E-state index contributed by atoms with van der Waals surface area (Å²) in [6.45, 7) is 4.37. The molecular weight excluding hydrogens is 350 g/mol. The maximum Gasteiger partial charge on any atom is 0.251 e. The topological polar surface area (TPSA) is 54.9 Å². The highest BCUT2D eigenvalue weighted by atomic mass is 32.2. The van der Waals surface area contributed by atoms with Crippen LogP contribution in [0.3, 0.4) is 0 Å². The van der Waals surface area contributed by atoms with E-state index in [1.165, 1.54) is 5.56 Å². The van der Waals surface area contributed by atoms with E-state index in [0.717, 1.165) is 27.2 Å². The van der Waals surface area contributed by atoms with Crippen LogP contribution >= 0.6 is 23.1 Å². The first-order chi connectivity index (χ1) is 12.1. The number of carbonyl (C=O) groups excluding carboxylic acids is 1. The zero-order valence-corrected chi connectivity index (χ0v) is 15.8. The molecule has 6 heteroatoms. The van der Waals surface area contributed by atoms with Crippen LogP contribution in [0, 0.1) is 13.8 Å². The number of nitrogens with zero attached hydrogens (tertiary/aromatic N) is 2. The van der Waals surface area contributed by atoms with Crippen LogP contribution in [0.5, 0.6) is 0 Å². The third kappa shape index (κ3) is 5.14. The van der Waals surface area contributed by atoms with E-state index in [-0.39, 0.29) is 5.91 Å². The summed E-state index contributed by atoms with van der Waals surface area (Å²) in [4.78, 5) is 21.1. The van der Waals surface area contributed by atoms with Gasteiger partial charge in [0.2, 0.25) is 0 Å². The van der Waals surface area contributed by atoms with Crippen LogP contribution in [-0.2, 0) is 12.3 Å². The Labute approximate surface area is 155 Å². The SMILES string of the molecule is Cc1cccc(CNC(=O)c2ccc(CSc3nc(C)cs3)cc2)n1. The number of thiazole rings is 1. The average molecular weight is 370 g/mol. The Morgan fingerprint density at radius 2 is 1.88 bits per heavy atom. The van der Waals surface area contributed by atoms with E-state index in [0.29, 0.717) is 12.1 Å². The molecule has 0 atom stereocenters. The Morgan fingerprint density at radius 1 is 1.08 bits per heavy atom. The van der Waals surface area contributed by atoms with Gasteiger partial charge in [-0.3, -0.25) is 9.78 Å². The van der Waals surface area contributed by atoms with Crippen molar-refractivity contribution in [3.05, 3.63) is 76.1 Å². The van der Waals surface area contributed by atoms with Crippen molar-refractivity contribution in [3.8, 4) is 0 Å². The first-order valence-corrected chi connectivity index (χ1v) is 9.81. The van der Waals surface area contributed by atoms with E-state index in [4.69, 9.17) is 0 Å². The van der Waals surface area contributed by atoms with Crippen LogP contribution in [0.2, 0.25) is 0 Å². The summed E-state index contributed by atoms with van der Waals surface area (Å²) in [5, 5.41) is 4.96. The number of aromatic nitrogens is 2. The van der Waals surface area contributed by atoms with Crippen LogP contribution < -0.4 is 5.32 Å². The van der Waals surface area contributed by atoms with Gasteiger partial charge in [-0.05, 0) is 43.7 Å². The van der Waals surface area contributed by atoms with Crippen molar-refractivity contribution in [2.75, 3.05) is 0 Å². The summed E-state index contributed by atoms with van der Waals surface area (Å²) in [5.41, 5.74) is 4.70. The third-order valence-electron chi connectivity index (χ3n) is 3.55. The maximum absolute atomic E-state index is 12.2. The molecule has 1 N–H and O–H groups in total. The van der Waals surface area contributed by atoms with E-state index < -0.39 is 0 Å². The molecule has 0 spiro atoms. The fourth-order valence-corrected chi connectivity index (χ4v) is 4.07. The summed E-state index contributed by atoms with van der Waals surface area (Å²) in [6.07, 6.45) is 0. The standard InChI is InChI=1S/C19H19N3OS2/c1-13-4-3-5-17(21-13)10-20-18(23)16-8-6-15(7-9-16)12-25-19-22-14(2)11-24-19/h3-9,11H,10,12H2,1-2H3,(H,20,23). The number of hydrogen-bond donors (Lipinski definition) is 1. The molecule has 2 aromatic heterocycles. The monoisotopic (exact) mass is 369 g/mol. The summed E-state index contributed by atoms with van der Waals surface area (Å²) >= 11 is 3.38. The second-order valence-electron chi connectivity index (χ2n) is 5.69. The van der Waals surface area contributed by atoms with Crippen molar-refractivity contribution in [3.63, 3.8) is 0 Å². The van der Waals surface area contributed by atoms with E-state index in [1.54, 1.807) is 23.1 Å². The van der Waals surface area contributed by atoms with E-state index >= 15 is 0 Å². The van der Waals surface area contributed by atoms with Crippen molar-refractivity contribution in [2.45, 2.75) is 30.5 Å². The number of carbonyl (C=O) groups is 1. The smallest absolute Gasteiger partial charge is 0.251 e. The Kier molecular flexibility index (Phi) is 5.83. The molecule has 25 heavy (non-hydrogen) atoms. The zero-order valence-electron chi connectivity index (χ0n) is 14.2. The number of thioether (sulfide) groups is 1. The molecule has 1 amide bonds. The molecule has 0 bridgehead atoms. The molecule has 0 aliphatic rings. The Hall–Kier alpha value is -2.18. The molecule has 0 fully saturated rings. The summed E-state index contributed by atoms with van der Waals surface area (Å²) in [7, 11) is 0. The number of benzene rings is 1. The quantitative estimate of drug-likeness (QED) is 0.655. The van der Waals surface area contributed by atoms with Crippen LogP contribution in [-0.4, -0.2) is 15.9 Å². The molecule has 3 aromatic rings. The summed E-state index contributed by atoms with van der Waals surface area (Å²) < 4.78 is 1.07. The molecule has 0 saturated heterocycles. The van der Waals surface area contributed by atoms with Gasteiger partial charge in [0.25, 0.3) is 5.91 Å². The lowest BCUT2D eigenvalue weighted by Gasteiger charge is -2.06. The van der Waals surface area contributed by atoms with Gasteiger partial charge in [-0.15, -0.1) is 11.3 Å². The molecule has 1 aromatic carbocycles. The lowest BCUT2D eigenvalue weighted by Crippen LogP contribution is -2.23. The average Bonchev–Trinajstić information content (AvgIpc) is 3.04. The highest BCUT2D eigenvalue weighted by Gasteiger charge is 2.07. The van der Waals surface area contributed by atoms with Crippen molar-refractivity contribution in [1.29, 1.82) is 0 Å². The van der Waals surface area contributed by atoms with Gasteiger partial charge >= 0.3 is 0 Å². The predicted molar refractivity (Wildman–Crippen MR) is 103 cm³/mol. The minimum Gasteiger partial charge on any atom is -0.346 e. The summed E-state index contributed by atoms with van der Waals surface area (Å²) in [5.74, 6) is 0.764. The molecule has 0 saturated carbocycles. The van der Waals surface area contributed by atoms with E-state index in [9.17, 15) is 4.79 Å². The van der Waals surface area contributed by atoms with Gasteiger partial charge in [0.15, 0.2) is 0 Å². The van der Waals surface area contributed by atoms with Crippen molar-refractivity contribution in [1.82, 2.24) is 15.3 Å². The fourth-order valence-electron chi connectivity index (χ4n) is 2.27. The Bertz CT molecular complexity index is 859. The normalized spacial score (nSPS) is 10.6. The highest BCUT2D eigenvalue weighted by molar-refractivity contribution is 8.00. The van der Waals surface area contributed by atoms with Crippen molar-refractivity contribution < 1.29 is 4.79 Å². The summed E-state index contributed by atoms with van der Waals surface area (Å²) in [6, 6.07) is 13.5. The molecule has 0 radical (unpaired) electrons. The molecule has 3 rings (SSSR count). The van der Waals surface area contributed by atoms with Gasteiger partial charge in [0.1, 0.15) is 4.34 Å². The molecule has 0 aliphatic carbocycles. The van der Waals surface area contributed by atoms with Gasteiger partial charge in [-0.2, -0.15) is 0 Å². The first kappa shape index (κ1) is 17.6. The van der Waals surface area contributed by atoms with Crippen molar-refractivity contribution >= 4 is 29.0 Å². The van der Waals surface area contributed by atoms with Crippen molar-refractivity contribution in [2.24, 2.45) is 0 Å². The van der Waals surface area contributed by atoms with Gasteiger partial charge < -0.3 is 5.32 Å². The Balaban J connectivity index is 1.53. The minimum absolute atomic E-state index is 0.0851. The molecule has 0 aliphatic heterocycles. The van der Waals surface area contributed by atoms with Gasteiger partial charge in [-0.25, -0.2) is 4.98 Å². The van der Waals surface area contributed by atoms with Gasteiger partial charge in [-0.1, -0.05) is 30.0 Å². The number of aryl methyl sites for hydroxylation is 2. The predicted octanol–water partition coefficient (Wildman–Crippen LogP) is 4.38.